The number of nitrogens with zero attached hydrogens (tertiary/aromatic N) is 5. The van der Waals surface area contributed by atoms with Crippen molar-refractivity contribution in [1.82, 2.24) is 25.1 Å². The standard InChI is InChI=1S/C15H21N5OS2/c1-11(2)8-19(12-5-6-12)14(21)10-23-15-16-17-18-20(15)9-13-4-3-7-22-13/h3-4,7,11-12H,5-6,8-10H2,1-2H3. The first-order valence-corrected chi connectivity index (χ1v) is 9.71. The molecule has 1 fully saturated rings. The lowest BCUT2D eigenvalue weighted by Gasteiger charge is -2.24. The second-order valence-electron chi connectivity index (χ2n) is 6.16. The van der Waals surface area contributed by atoms with Gasteiger partial charge in [-0.2, -0.15) is 0 Å². The fraction of sp³-hybridized carbons (Fsp3) is 0.600. The Morgan fingerprint density at radius 3 is 3.00 bits per heavy atom. The van der Waals surface area contributed by atoms with E-state index in [9.17, 15) is 4.79 Å². The Morgan fingerprint density at radius 2 is 2.35 bits per heavy atom. The zero-order chi connectivity index (χ0) is 16.2. The van der Waals surface area contributed by atoms with E-state index in [1.807, 2.05) is 16.3 Å². The summed E-state index contributed by atoms with van der Waals surface area (Å²) < 4.78 is 1.76. The van der Waals surface area contributed by atoms with Gasteiger partial charge in [0.25, 0.3) is 0 Å². The van der Waals surface area contributed by atoms with Gasteiger partial charge in [0.15, 0.2) is 0 Å². The van der Waals surface area contributed by atoms with Crippen molar-refractivity contribution in [3.8, 4) is 0 Å². The number of hydrogen-bond donors (Lipinski definition) is 0. The van der Waals surface area contributed by atoms with Crippen LogP contribution >= 0.6 is 23.1 Å². The maximum atomic E-state index is 12.5. The number of amides is 1. The Labute approximate surface area is 144 Å². The van der Waals surface area contributed by atoms with Crippen molar-refractivity contribution < 1.29 is 4.79 Å². The highest BCUT2D eigenvalue weighted by Gasteiger charge is 2.32. The van der Waals surface area contributed by atoms with E-state index in [0.717, 1.165) is 19.4 Å². The average molecular weight is 352 g/mol. The summed E-state index contributed by atoms with van der Waals surface area (Å²) in [5.74, 6) is 1.08. The smallest absolute Gasteiger partial charge is 0.233 e. The Hall–Kier alpha value is -1.41. The van der Waals surface area contributed by atoms with Crippen LogP contribution in [-0.2, 0) is 11.3 Å². The molecular weight excluding hydrogens is 330 g/mol. The molecule has 6 nitrogen and oxygen atoms in total. The molecule has 0 bridgehead atoms. The van der Waals surface area contributed by atoms with Crippen molar-refractivity contribution in [2.24, 2.45) is 5.92 Å². The van der Waals surface area contributed by atoms with Crippen LogP contribution in [0.1, 0.15) is 31.6 Å². The molecule has 0 radical (unpaired) electrons. The lowest BCUT2D eigenvalue weighted by Crippen LogP contribution is -2.37. The highest BCUT2D eigenvalue weighted by Crippen LogP contribution is 2.29. The van der Waals surface area contributed by atoms with Crippen LogP contribution in [0.2, 0.25) is 0 Å². The molecule has 0 atom stereocenters. The first-order chi connectivity index (χ1) is 11.1. The molecule has 0 aliphatic heterocycles. The van der Waals surface area contributed by atoms with E-state index in [1.165, 1.54) is 16.6 Å². The number of thiophene rings is 1. The maximum Gasteiger partial charge on any atom is 0.233 e. The number of tetrazole rings is 1. The fourth-order valence-electron chi connectivity index (χ4n) is 2.39. The van der Waals surface area contributed by atoms with E-state index in [-0.39, 0.29) is 5.91 Å². The molecule has 1 amide bonds. The van der Waals surface area contributed by atoms with Gasteiger partial charge in [0.2, 0.25) is 11.1 Å². The van der Waals surface area contributed by atoms with E-state index >= 15 is 0 Å². The predicted molar refractivity (Wildman–Crippen MR) is 91.5 cm³/mol. The minimum absolute atomic E-state index is 0.192. The molecular formula is C15H21N5OS2. The van der Waals surface area contributed by atoms with Gasteiger partial charge in [-0.05, 0) is 40.6 Å². The Bertz CT molecular complexity index is 636. The second-order valence-corrected chi connectivity index (χ2v) is 8.13. The monoisotopic (exact) mass is 351 g/mol. The van der Waals surface area contributed by atoms with Crippen LogP contribution in [0.4, 0.5) is 0 Å². The summed E-state index contributed by atoms with van der Waals surface area (Å²) in [5, 5.41) is 14.6. The van der Waals surface area contributed by atoms with E-state index in [2.05, 4.69) is 35.4 Å². The number of hydrogen-bond acceptors (Lipinski definition) is 6. The molecule has 23 heavy (non-hydrogen) atoms. The second kappa shape index (κ2) is 7.44. The van der Waals surface area contributed by atoms with Gasteiger partial charge in [0, 0.05) is 17.5 Å². The van der Waals surface area contributed by atoms with Gasteiger partial charge in [-0.15, -0.1) is 16.4 Å². The SMILES string of the molecule is CC(C)CN(C(=O)CSc1nnnn1Cc1cccs1)C1CC1. The van der Waals surface area contributed by atoms with Crippen molar-refractivity contribution >= 4 is 29.0 Å². The molecule has 1 saturated carbocycles. The molecule has 2 heterocycles. The largest absolute Gasteiger partial charge is 0.339 e. The Kier molecular flexibility index (Phi) is 5.32. The molecule has 124 valence electrons. The van der Waals surface area contributed by atoms with E-state index < -0.39 is 0 Å². The zero-order valence-electron chi connectivity index (χ0n) is 13.4. The molecule has 0 N–H and O–H groups in total. The Balaban J connectivity index is 1.57. The third kappa shape index (κ3) is 4.54. The molecule has 1 aliphatic rings. The van der Waals surface area contributed by atoms with Crippen LogP contribution in [0.5, 0.6) is 0 Å². The molecule has 1 aliphatic carbocycles. The summed E-state index contributed by atoms with van der Waals surface area (Å²) in [7, 11) is 0. The van der Waals surface area contributed by atoms with Gasteiger partial charge < -0.3 is 4.90 Å². The maximum absolute atomic E-state index is 12.5. The van der Waals surface area contributed by atoms with Crippen LogP contribution in [0.15, 0.2) is 22.7 Å². The van der Waals surface area contributed by atoms with Gasteiger partial charge in [-0.25, -0.2) is 4.68 Å². The van der Waals surface area contributed by atoms with Gasteiger partial charge in [-0.3, -0.25) is 4.79 Å². The van der Waals surface area contributed by atoms with Crippen molar-refractivity contribution in [3.05, 3.63) is 22.4 Å². The van der Waals surface area contributed by atoms with Gasteiger partial charge in [-0.1, -0.05) is 31.7 Å². The highest BCUT2D eigenvalue weighted by atomic mass is 32.2. The van der Waals surface area contributed by atoms with Crippen molar-refractivity contribution in [1.29, 1.82) is 0 Å². The number of carbonyl (C=O) groups excluding carboxylic acids is 1. The van der Waals surface area contributed by atoms with Crippen LogP contribution < -0.4 is 0 Å². The normalized spacial score (nSPS) is 14.4. The summed E-state index contributed by atoms with van der Waals surface area (Å²) in [6, 6.07) is 4.52. The summed E-state index contributed by atoms with van der Waals surface area (Å²) in [5.41, 5.74) is 0. The number of thioether (sulfide) groups is 1. The van der Waals surface area contributed by atoms with Crippen molar-refractivity contribution in [2.75, 3.05) is 12.3 Å². The highest BCUT2D eigenvalue weighted by molar-refractivity contribution is 7.99. The molecule has 2 aromatic rings. The minimum atomic E-state index is 0.192. The fourth-order valence-corrected chi connectivity index (χ4v) is 3.84. The zero-order valence-corrected chi connectivity index (χ0v) is 15.0. The molecule has 2 aromatic heterocycles. The van der Waals surface area contributed by atoms with Crippen LogP contribution in [0.3, 0.4) is 0 Å². The van der Waals surface area contributed by atoms with E-state index in [0.29, 0.717) is 29.4 Å². The molecule has 0 spiro atoms. The first kappa shape index (κ1) is 16.4. The minimum Gasteiger partial charge on any atom is -0.339 e. The lowest BCUT2D eigenvalue weighted by atomic mass is 10.2. The molecule has 0 unspecified atom stereocenters. The van der Waals surface area contributed by atoms with Gasteiger partial charge in [0.05, 0.1) is 12.3 Å². The van der Waals surface area contributed by atoms with Gasteiger partial charge in [0.1, 0.15) is 0 Å². The number of aromatic nitrogens is 4. The average Bonchev–Trinajstić information content (AvgIpc) is 3.04. The Morgan fingerprint density at radius 1 is 1.52 bits per heavy atom. The quantitative estimate of drug-likeness (QED) is 0.684. The molecule has 0 aromatic carbocycles. The van der Waals surface area contributed by atoms with Crippen molar-refractivity contribution in [2.45, 2.75) is 44.4 Å². The third-order valence-corrected chi connectivity index (χ3v) is 5.38. The molecule has 3 rings (SSSR count). The summed E-state index contributed by atoms with van der Waals surface area (Å²) >= 11 is 3.10. The lowest BCUT2D eigenvalue weighted by molar-refractivity contribution is -0.129. The van der Waals surface area contributed by atoms with E-state index in [1.54, 1.807) is 16.0 Å². The summed E-state index contributed by atoms with van der Waals surface area (Å²) in [4.78, 5) is 15.7. The van der Waals surface area contributed by atoms with Crippen LogP contribution in [0, 0.1) is 5.92 Å². The van der Waals surface area contributed by atoms with Crippen LogP contribution in [0.25, 0.3) is 0 Å². The van der Waals surface area contributed by atoms with Crippen molar-refractivity contribution in [3.63, 3.8) is 0 Å². The number of rotatable bonds is 8. The van der Waals surface area contributed by atoms with Gasteiger partial charge >= 0.3 is 0 Å². The van der Waals surface area contributed by atoms with E-state index in [4.69, 9.17) is 0 Å². The topological polar surface area (TPSA) is 63.9 Å². The summed E-state index contributed by atoms with van der Waals surface area (Å²) in [6.45, 7) is 5.79. The third-order valence-electron chi connectivity index (χ3n) is 3.58. The molecule has 0 saturated heterocycles. The summed E-state index contributed by atoms with van der Waals surface area (Å²) in [6.07, 6.45) is 2.28. The molecule has 8 heteroatoms. The number of carbonyl (C=O) groups is 1. The predicted octanol–water partition coefficient (Wildman–Crippen LogP) is 2.52. The van der Waals surface area contributed by atoms with Crippen LogP contribution in [-0.4, -0.2) is 49.4 Å². The first-order valence-electron chi connectivity index (χ1n) is 7.84.